The second-order valence-electron chi connectivity index (χ2n) is 6.24. The first-order chi connectivity index (χ1) is 12.9. The fourth-order valence-corrected chi connectivity index (χ4v) is 5.71. The van der Waals surface area contributed by atoms with Crippen LogP contribution in [0.25, 0.3) is 10.9 Å². The van der Waals surface area contributed by atoms with Crippen molar-refractivity contribution in [2.45, 2.75) is 10.9 Å². The van der Waals surface area contributed by atoms with Crippen molar-refractivity contribution in [3.8, 4) is 0 Å². The summed E-state index contributed by atoms with van der Waals surface area (Å²) in [7, 11) is -3.41. The summed E-state index contributed by atoms with van der Waals surface area (Å²) in [5, 5.41) is 17.7. The molecule has 142 valence electrons. The predicted molar refractivity (Wildman–Crippen MR) is 101 cm³/mol. The molecule has 3 aromatic rings. The van der Waals surface area contributed by atoms with E-state index >= 15 is 0 Å². The van der Waals surface area contributed by atoms with E-state index in [1.807, 2.05) is 0 Å². The molecule has 2 aromatic heterocycles. The van der Waals surface area contributed by atoms with Crippen molar-refractivity contribution < 1.29 is 13.3 Å². The van der Waals surface area contributed by atoms with Crippen molar-refractivity contribution in [2.24, 2.45) is 0 Å². The highest BCUT2D eigenvalue weighted by Crippen LogP contribution is 2.23. The Bertz CT molecular complexity index is 1070. The van der Waals surface area contributed by atoms with Gasteiger partial charge < -0.3 is 0 Å². The molecule has 1 saturated heterocycles. The van der Waals surface area contributed by atoms with E-state index in [0.29, 0.717) is 42.4 Å². The molecule has 4 rings (SSSR count). The number of fused-ring (bicyclic) bond motifs is 1. The van der Waals surface area contributed by atoms with Crippen LogP contribution in [0.1, 0.15) is 0 Å². The van der Waals surface area contributed by atoms with E-state index in [2.05, 4.69) is 10.00 Å². The van der Waals surface area contributed by atoms with Crippen LogP contribution < -0.4 is 0 Å². The Balaban J connectivity index is 1.44. The molecular formula is C16H17N5O4S2. The normalized spacial score (nSPS) is 16.7. The van der Waals surface area contributed by atoms with Crippen LogP contribution >= 0.6 is 11.3 Å². The van der Waals surface area contributed by atoms with Gasteiger partial charge in [-0.15, -0.1) is 11.3 Å². The van der Waals surface area contributed by atoms with E-state index < -0.39 is 14.9 Å². The van der Waals surface area contributed by atoms with Gasteiger partial charge in [-0.2, -0.15) is 9.40 Å². The highest BCUT2D eigenvalue weighted by Gasteiger charge is 2.29. The fraction of sp³-hybridized carbons (Fsp3) is 0.312. The molecule has 0 atom stereocenters. The molecule has 1 fully saturated rings. The summed E-state index contributed by atoms with van der Waals surface area (Å²) in [5.74, 6) is 0. The molecule has 11 heteroatoms. The summed E-state index contributed by atoms with van der Waals surface area (Å²) in [4.78, 5) is 12.6. The van der Waals surface area contributed by atoms with Gasteiger partial charge in [-0.05, 0) is 17.5 Å². The Morgan fingerprint density at radius 1 is 1.19 bits per heavy atom. The molecule has 1 aromatic carbocycles. The molecular weight excluding hydrogens is 390 g/mol. The number of nitro groups is 1. The van der Waals surface area contributed by atoms with Crippen LogP contribution in [0.5, 0.6) is 0 Å². The number of piperazine rings is 1. The van der Waals surface area contributed by atoms with Crippen LogP contribution in [0, 0.1) is 10.1 Å². The number of benzene rings is 1. The largest absolute Gasteiger partial charge is 0.282 e. The van der Waals surface area contributed by atoms with Crippen LogP contribution in [0.15, 0.2) is 46.1 Å². The molecule has 0 radical (unpaired) electrons. The molecule has 0 saturated carbocycles. The molecule has 0 N–H and O–H groups in total. The van der Waals surface area contributed by atoms with Crippen molar-refractivity contribution in [3.63, 3.8) is 0 Å². The summed E-state index contributed by atoms with van der Waals surface area (Å²) in [6, 6.07) is 8.02. The lowest BCUT2D eigenvalue weighted by Gasteiger charge is -2.33. The number of thiophene rings is 1. The number of hydrogen-bond acceptors (Lipinski definition) is 7. The quantitative estimate of drug-likeness (QED) is 0.473. The number of nitrogens with zero attached hydrogens (tertiary/aromatic N) is 5. The third-order valence-corrected chi connectivity index (χ3v) is 7.86. The standard InChI is InChI=1S/C16H17N5O4S2/c22-21(23)14-3-4-15-13(10-14)11-17-20(15)12-18-5-7-19(8-6-18)27(24,25)16-2-1-9-26-16/h1-4,9-11H,5-8,12H2. The Labute approximate surface area is 159 Å². The van der Waals surface area contributed by atoms with Crippen molar-refractivity contribution in [2.75, 3.05) is 26.2 Å². The van der Waals surface area contributed by atoms with E-state index in [1.165, 1.54) is 27.8 Å². The van der Waals surface area contributed by atoms with Crippen LogP contribution in [-0.2, 0) is 16.7 Å². The van der Waals surface area contributed by atoms with Crippen molar-refractivity contribution in [3.05, 3.63) is 52.0 Å². The van der Waals surface area contributed by atoms with Gasteiger partial charge in [0.1, 0.15) is 4.21 Å². The van der Waals surface area contributed by atoms with E-state index in [9.17, 15) is 18.5 Å². The van der Waals surface area contributed by atoms with Gasteiger partial charge in [-0.25, -0.2) is 8.42 Å². The molecule has 1 aliphatic rings. The van der Waals surface area contributed by atoms with E-state index in [1.54, 1.807) is 34.5 Å². The number of aromatic nitrogens is 2. The third-order valence-electron chi connectivity index (χ3n) is 4.59. The zero-order valence-corrected chi connectivity index (χ0v) is 15.9. The van der Waals surface area contributed by atoms with Crippen LogP contribution in [-0.4, -0.2) is 58.5 Å². The molecule has 0 aliphatic carbocycles. The summed E-state index contributed by atoms with van der Waals surface area (Å²) < 4.78 is 28.8. The second-order valence-corrected chi connectivity index (χ2v) is 9.35. The lowest BCUT2D eigenvalue weighted by Crippen LogP contribution is -2.48. The molecule has 9 nitrogen and oxygen atoms in total. The first kappa shape index (κ1) is 18.0. The Morgan fingerprint density at radius 2 is 1.96 bits per heavy atom. The van der Waals surface area contributed by atoms with Crippen molar-refractivity contribution >= 4 is 38.0 Å². The van der Waals surface area contributed by atoms with Crippen molar-refractivity contribution in [1.82, 2.24) is 19.0 Å². The Kier molecular flexibility index (Phi) is 4.68. The molecule has 27 heavy (non-hydrogen) atoms. The number of sulfonamides is 1. The summed E-state index contributed by atoms with van der Waals surface area (Å²) >= 11 is 1.23. The number of rotatable bonds is 5. The maximum atomic E-state index is 12.6. The summed E-state index contributed by atoms with van der Waals surface area (Å²) in [6.45, 7) is 2.54. The predicted octanol–water partition coefficient (Wildman–Crippen LogP) is 1.97. The zero-order valence-electron chi connectivity index (χ0n) is 14.3. The first-order valence-electron chi connectivity index (χ1n) is 8.31. The van der Waals surface area contributed by atoms with Crippen LogP contribution in [0.4, 0.5) is 5.69 Å². The highest BCUT2D eigenvalue weighted by molar-refractivity contribution is 7.91. The first-order valence-corrected chi connectivity index (χ1v) is 10.6. The topological polar surface area (TPSA) is 102 Å². The number of hydrogen-bond donors (Lipinski definition) is 0. The van der Waals surface area contributed by atoms with Crippen molar-refractivity contribution in [1.29, 1.82) is 0 Å². The van der Waals surface area contributed by atoms with Crippen LogP contribution in [0.2, 0.25) is 0 Å². The molecule has 0 bridgehead atoms. The number of nitro benzene ring substituents is 1. The van der Waals surface area contributed by atoms with Gasteiger partial charge in [0.15, 0.2) is 0 Å². The monoisotopic (exact) mass is 407 g/mol. The van der Waals surface area contributed by atoms with Gasteiger partial charge in [0, 0.05) is 43.7 Å². The molecule has 0 unspecified atom stereocenters. The molecule has 1 aliphatic heterocycles. The smallest absolute Gasteiger partial charge is 0.270 e. The number of non-ortho nitro benzene ring substituents is 1. The molecule has 3 heterocycles. The summed E-state index contributed by atoms with van der Waals surface area (Å²) in [6.07, 6.45) is 1.61. The minimum absolute atomic E-state index is 0.0365. The van der Waals surface area contributed by atoms with E-state index in [-0.39, 0.29) is 5.69 Å². The van der Waals surface area contributed by atoms with E-state index in [4.69, 9.17) is 0 Å². The Morgan fingerprint density at radius 3 is 2.63 bits per heavy atom. The maximum Gasteiger partial charge on any atom is 0.270 e. The van der Waals surface area contributed by atoms with Gasteiger partial charge in [0.2, 0.25) is 0 Å². The average molecular weight is 407 g/mol. The Hall–Kier alpha value is -2.34. The molecule has 0 spiro atoms. The van der Waals surface area contributed by atoms with Gasteiger partial charge in [0.05, 0.1) is 23.3 Å². The lowest BCUT2D eigenvalue weighted by atomic mass is 10.2. The third kappa shape index (κ3) is 3.46. The SMILES string of the molecule is O=[N+]([O-])c1ccc2c(cnn2CN2CCN(S(=O)(=O)c3cccs3)CC2)c1. The second kappa shape index (κ2) is 7.00. The highest BCUT2D eigenvalue weighted by atomic mass is 32.2. The van der Waals surface area contributed by atoms with Gasteiger partial charge in [0.25, 0.3) is 15.7 Å². The fourth-order valence-electron chi connectivity index (χ4n) is 3.14. The van der Waals surface area contributed by atoms with Crippen LogP contribution in [0.3, 0.4) is 0 Å². The lowest BCUT2D eigenvalue weighted by molar-refractivity contribution is -0.384. The minimum atomic E-state index is -3.41. The molecule has 0 amide bonds. The van der Waals surface area contributed by atoms with Gasteiger partial charge in [-0.1, -0.05) is 6.07 Å². The van der Waals surface area contributed by atoms with E-state index in [0.717, 1.165) is 5.52 Å². The van der Waals surface area contributed by atoms with Gasteiger partial charge >= 0.3 is 0 Å². The average Bonchev–Trinajstić information content (AvgIpc) is 3.32. The summed E-state index contributed by atoms with van der Waals surface area (Å²) in [5.41, 5.74) is 0.851. The van der Waals surface area contributed by atoms with Gasteiger partial charge in [-0.3, -0.25) is 19.7 Å². The zero-order chi connectivity index (χ0) is 19.0. The maximum absolute atomic E-state index is 12.6. The minimum Gasteiger partial charge on any atom is -0.282 e.